The maximum absolute atomic E-state index is 9.22. The maximum atomic E-state index is 9.22. The zero-order valence-corrected chi connectivity index (χ0v) is 17.3. The number of hydrogen-bond donors (Lipinski definition) is 1. The number of oxime groups is 1. The number of hydrogen-bond acceptors (Lipinski definition) is 4. The summed E-state index contributed by atoms with van der Waals surface area (Å²) in [4.78, 5) is 0. The summed E-state index contributed by atoms with van der Waals surface area (Å²) in [5.74, 6) is 1.41. The van der Waals surface area contributed by atoms with Gasteiger partial charge in [-0.05, 0) is 28.7 Å². The standard InChI is InChI=1S/C24H24ClNO3/c1-17(2)20-13-21(24(25)26-27)23(29-16-19-11-7-4-8-12-19)14-22(20)28-15-18-9-5-3-6-10-18/h3-14,17,27H,15-16H2,1-2H3/b26-24-. The fourth-order valence-corrected chi connectivity index (χ4v) is 3.11. The lowest BCUT2D eigenvalue weighted by molar-refractivity contribution is 0.286. The number of nitrogens with zero attached hydrogens (tertiary/aromatic N) is 1. The van der Waals surface area contributed by atoms with E-state index in [1.54, 1.807) is 0 Å². The van der Waals surface area contributed by atoms with Crippen molar-refractivity contribution in [2.75, 3.05) is 0 Å². The van der Waals surface area contributed by atoms with Gasteiger partial charge in [0, 0.05) is 6.07 Å². The van der Waals surface area contributed by atoms with Crippen LogP contribution in [0.15, 0.2) is 78.0 Å². The molecule has 0 bridgehead atoms. The smallest absolute Gasteiger partial charge is 0.179 e. The van der Waals surface area contributed by atoms with Crippen LogP contribution in [-0.4, -0.2) is 10.4 Å². The molecule has 0 radical (unpaired) electrons. The van der Waals surface area contributed by atoms with E-state index >= 15 is 0 Å². The molecule has 0 aliphatic heterocycles. The Morgan fingerprint density at radius 2 is 1.38 bits per heavy atom. The number of ether oxygens (including phenoxy) is 2. The topological polar surface area (TPSA) is 51.1 Å². The molecule has 0 saturated heterocycles. The van der Waals surface area contributed by atoms with Crippen molar-refractivity contribution in [3.05, 3.63) is 95.1 Å². The minimum atomic E-state index is -0.0235. The summed E-state index contributed by atoms with van der Waals surface area (Å²) >= 11 is 6.16. The van der Waals surface area contributed by atoms with Gasteiger partial charge in [-0.25, -0.2) is 0 Å². The van der Waals surface area contributed by atoms with Crippen LogP contribution < -0.4 is 9.47 Å². The molecule has 1 N–H and O–H groups in total. The molecule has 3 aromatic carbocycles. The van der Waals surface area contributed by atoms with Crippen LogP contribution in [0.1, 0.15) is 42.0 Å². The fourth-order valence-electron chi connectivity index (χ4n) is 2.96. The summed E-state index contributed by atoms with van der Waals surface area (Å²) in [6.07, 6.45) is 0. The van der Waals surface area contributed by atoms with E-state index in [-0.39, 0.29) is 11.1 Å². The highest BCUT2D eigenvalue weighted by molar-refractivity contribution is 6.69. The molecule has 0 amide bonds. The van der Waals surface area contributed by atoms with Gasteiger partial charge < -0.3 is 14.7 Å². The van der Waals surface area contributed by atoms with E-state index in [1.807, 2.05) is 72.8 Å². The van der Waals surface area contributed by atoms with E-state index in [2.05, 4.69) is 19.0 Å². The second kappa shape index (κ2) is 9.99. The number of halogens is 1. The molecule has 4 nitrogen and oxygen atoms in total. The van der Waals surface area contributed by atoms with Crippen LogP contribution in [0.4, 0.5) is 0 Å². The van der Waals surface area contributed by atoms with Crippen molar-refractivity contribution >= 4 is 16.8 Å². The lowest BCUT2D eigenvalue weighted by atomic mass is 9.99. The molecule has 0 aliphatic carbocycles. The van der Waals surface area contributed by atoms with Gasteiger partial charge in [0.25, 0.3) is 0 Å². The van der Waals surface area contributed by atoms with E-state index in [0.717, 1.165) is 22.4 Å². The van der Waals surface area contributed by atoms with Crippen molar-refractivity contribution in [3.63, 3.8) is 0 Å². The highest BCUT2D eigenvalue weighted by atomic mass is 35.5. The molecule has 0 aromatic heterocycles. The highest BCUT2D eigenvalue weighted by Crippen LogP contribution is 2.35. The Morgan fingerprint density at radius 3 is 1.86 bits per heavy atom. The van der Waals surface area contributed by atoms with Crippen LogP contribution in [0.3, 0.4) is 0 Å². The molecule has 5 heteroatoms. The Balaban J connectivity index is 1.93. The Kier molecular flexibility index (Phi) is 7.14. The predicted molar refractivity (Wildman–Crippen MR) is 116 cm³/mol. The molecule has 29 heavy (non-hydrogen) atoms. The third-order valence-electron chi connectivity index (χ3n) is 4.52. The first-order chi connectivity index (χ1) is 14.1. The third kappa shape index (κ3) is 5.52. The average Bonchev–Trinajstić information content (AvgIpc) is 2.76. The maximum Gasteiger partial charge on any atom is 0.179 e. The Morgan fingerprint density at radius 1 is 0.862 bits per heavy atom. The van der Waals surface area contributed by atoms with Gasteiger partial charge in [-0.1, -0.05) is 91.3 Å². The fraction of sp³-hybridized carbons (Fsp3) is 0.208. The van der Waals surface area contributed by atoms with Crippen molar-refractivity contribution in [1.82, 2.24) is 0 Å². The SMILES string of the molecule is CC(C)c1cc(/C(Cl)=N/O)c(OCc2ccccc2)cc1OCc1ccccc1. The third-order valence-corrected chi connectivity index (χ3v) is 4.80. The van der Waals surface area contributed by atoms with Gasteiger partial charge in [0.05, 0.1) is 5.56 Å². The zero-order chi connectivity index (χ0) is 20.6. The number of benzene rings is 3. The molecule has 0 aliphatic rings. The molecular formula is C24H24ClNO3. The predicted octanol–water partition coefficient (Wildman–Crippen LogP) is 6.34. The first-order valence-electron chi connectivity index (χ1n) is 9.47. The van der Waals surface area contributed by atoms with E-state index in [1.165, 1.54) is 0 Å². The largest absolute Gasteiger partial charge is 0.488 e. The van der Waals surface area contributed by atoms with E-state index in [4.69, 9.17) is 21.1 Å². The first kappa shape index (κ1) is 20.7. The minimum Gasteiger partial charge on any atom is -0.488 e. The Labute approximate surface area is 176 Å². The molecule has 0 saturated carbocycles. The summed E-state index contributed by atoms with van der Waals surface area (Å²) in [7, 11) is 0. The Bertz CT molecular complexity index is 957. The van der Waals surface area contributed by atoms with Gasteiger partial charge in [0.2, 0.25) is 0 Å². The lowest BCUT2D eigenvalue weighted by Gasteiger charge is -2.19. The second-order valence-corrected chi connectivity index (χ2v) is 7.34. The van der Waals surface area contributed by atoms with Crippen LogP contribution in [0.25, 0.3) is 0 Å². The summed E-state index contributed by atoms with van der Waals surface area (Å²) in [6, 6.07) is 23.5. The molecule has 0 spiro atoms. The summed E-state index contributed by atoms with van der Waals surface area (Å²) < 4.78 is 12.1. The van der Waals surface area contributed by atoms with Crippen molar-refractivity contribution in [2.24, 2.45) is 5.16 Å². The van der Waals surface area contributed by atoms with Crippen molar-refractivity contribution in [1.29, 1.82) is 0 Å². The van der Waals surface area contributed by atoms with Gasteiger partial charge >= 0.3 is 0 Å². The van der Waals surface area contributed by atoms with Gasteiger partial charge in [0.15, 0.2) is 5.17 Å². The van der Waals surface area contributed by atoms with E-state index < -0.39 is 0 Å². The first-order valence-corrected chi connectivity index (χ1v) is 9.85. The van der Waals surface area contributed by atoms with Crippen molar-refractivity contribution in [2.45, 2.75) is 33.0 Å². The van der Waals surface area contributed by atoms with Crippen LogP contribution in [0.5, 0.6) is 11.5 Å². The second-order valence-electron chi connectivity index (χ2n) is 6.98. The van der Waals surface area contributed by atoms with Gasteiger partial charge in [-0.2, -0.15) is 0 Å². The monoisotopic (exact) mass is 409 g/mol. The van der Waals surface area contributed by atoms with E-state index in [9.17, 15) is 5.21 Å². The minimum absolute atomic E-state index is 0.0235. The quantitative estimate of drug-likeness (QED) is 0.268. The Hall–Kier alpha value is -2.98. The van der Waals surface area contributed by atoms with Crippen LogP contribution in [0, 0.1) is 0 Å². The molecule has 0 unspecified atom stereocenters. The molecule has 3 rings (SSSR count). The van der Waals surface area contributed by atoms with Gasteiger partial charge in [0.1, 0.15) is 24.7 Å². The molecule has 0 atom stereocenters. The van der Waals surface area contributed by atoms with Crippen LogP contribution in [0.2, 0.25) is 0 Å². The molecule has 150 valence electrons. The normalized spacial score (nSPS) is 11.5. The zero-order valence-electron chi connectivity index (χ0n) is 16.5. The number of rotatable bonds is 8. The van der Waals surface area contributed by atoms with Crippen molar-refractivity contribution in [3.8, 4) is 11.5 Å². The van der Waals surface area contributed by atoms with Crippen LogP contribution >= 0.6 is 11.6 Å². The van der Waals surface area contributed by atoms with E-state index in [0.29, 0.717) is 24.5 Å². The highest BCUT2D eigenvalue weighted by Gasteiger charge is 2.18. The molecular weight excluding hydrogens is 386 g/mol. The molecule has 3 aromatic rings. The van der Waals surface area contributed by atoms with Gasteiger partial charge in [-0.15, -0.1) is 0 Å². The van der Waals surface area contributed by atoms with Crippen molar-refractivity contribution < 1.29 is 14.7 Å². The summed E-state index contributed by atoms with van der Waals surface area (Å²) in [5, 5.41) is 12.4. The average molecular weight is 410 g/mol. The molecule has 0 fully saturated rings. The van der Waals surface area contributed by atoms with Gasteiger partial charge in [-0.3, -0.25) is 0 Å². The summed E-state index contributed by atoms with van der Waals surface area (Å²) in [6.45, 7) is 4.95. The van der Waals surface area contributed by atoms with Crippen LogP contribution in [-0.2, 0) is 13.2 Å². The summed E-state index contributed by atoms with van der Waals surface area (Å²) in [5.41, 5.74) is 3.59. The lowest BCUT2D eigenvalue weighted by Crippen LogP contribution is -2.06. The molecule has 0 heterocycles.